The van der Waals surface area contributed by atoms with E-state index in [2.05, 4.69) is 10.3 Å². The molecule has 2 aliphatic carbocycles. The van der Waals surface area contributed by atoms with Crippen LogP contribution in [0.3, 0.4) is 0 Å². The summed E-state index contributed by atoms with van der Waals surface area (Å²) in [5.41, 5.74) is 3.96. The van der Waals surface area contributed by atoms with Crippen LogP contribution in [0.1, 0.15) is 28.4 Å². The molecular formula is C16H16N2O2. The molecule has 1 aromatic rings. The molecule has 3 rings (SSSR count). The average Bonchev–Trinajstić information content (AvgIpc) is 2.51. The first-order valence-corrected chi connectivity index (χ1v) is 6.59. The number of carbonyl (C=O) groups excluding carboxylic acids is 1. The molecule has 0 heterocycles. The Morgan fingerprint density at radius 3 is 2.80 bits per heavy atom. The van der Waals surface area contributed by atoms with E-state index in [-0.39, 0.29) is 5.78 Å². The molecule has 1 atom stereocenters. The number of Topliss-reactive ketones (excluding diaryl/α,β-unsaturated/α-hetero) is 1. The number of likely N-dealkylation sites (N-methyl/N-ethyl adjacent to an activating group) is 1. The van der Waals surface area contributed by atoms with Gasteiger partial charge in [-0.15, -0.1) is 0 Å². The Morgan fingerprint density at radius 1 is 1.35 bits per heavy atom. The van der Waals surface area contributed by atoms with Gasteiger partial charge in [0, 0.05) is 43.1 Å². The van der Waals surface area contributed by atoms with Gasteiger partial charge in [-0.05, 0) is 5.56 Å². The fraction of sp³-hybridized carbons (Fsp3) is 0.250. The quantitative estimate of drug-likeness (QED) is 0.816. The first-order chi connectivity index (χ1) is 9.69. The maximum Gasteiger partial charge on any atom is 0.195 e. The number of hydrogen-bond acceptors (Lipinski definition) is 4. The zero-order valence-electron chi connectivity index (χ0n) is 11.5. The zero-order valence-corrected chi connectivity index (χ0v) is 11.5. The van der Waals surface area contributed by atoms with Gasteiger partial charge in [0.2, 0.25) is 0 Å². The zero-order chi connectivity index (χ0) is 14.3. The van der Waals surface area contributed by atoms with Crippen molar-refractivity contribution in [1.82, 2.24) is 5.32 Å². The van der Waals surface area contributed by atoms with E-state index in [9.17, 15) is 9.90 Å². The Morgan fingerprint density at radius 2 is 2.10 bits per heavy atom. The third-order valence-corrected chi connectivity index (χ3v) is 3.89. The lowest BCUT2D eigenvalue weighted by molar-refractivity contribution is 0.101. The molecule has 4 nitrogen and oxygen atoms in total. The molecule has 102 valence electrons. The van der Waals surface area contributed by atoms with Gasteiger partial charge in [-0.25, -0.2) is 0 Å². The van der Waals surface area contributed by atoms with Gasteiger partial charge in [-0.1, -0.05) is 30.3 Å². The van der Waals surface area contributed by atoms with Gasteiger partial charge in [0.25, 0.3) is 0 Å². The van der Waals surface area contributed by atoms with E-state index in [1.54, 1.807) is 26.2 Å². The second-order valence-corrected chi connectivity index (χ2v) is 4.85. The molecule has 0 amide bonds. The molecule has 1 aromatic carbocycles. The third kappa shape index (κ3) is 1.65. The maximum absolute atomic E-state index is 12.7. The average molecular weight is 268 g/mol. The molecule has 2 N–H and O–H groups in total. The highest BCUT2D eigenvalue weighted by Crippen LogP contribution is 2.39. The maximum atomic E-state index is 12.7. The smallest absolute Gasteiger partial charge is 0.195 e. The summed E-state index contributed by atoms with van der Waals surface area (Å²) in [5.74, 6) is -0.0534. The van der Waals surface area contributed by atoms with Crippen molar-refractivity contribution in [3.63, 3.8) is 0 Å². The number of nitrogens with zero attached hydrogens (tertiary/aromatic N) is 1. The number of allylic oxidation sites excluding steroid dienone is 2. The van der Waals surface area contributed by atoms with E-state index >= 15 is 0 Å². The highest BCUT2D eigenvalue weighted by atomic mass is 16.3. The van der Waals surface area contributed by atoms with Crippen LogP contribution in [0.5, 0.6) is 0 Å². The molecule has 0 aliphatic heterocycles. The second-order valence-electron chi connectivity index (χ2n) is 4.85. The Kier molecular flexibility index (Phi) is 3.03. The number of carbonyl (C=O) groups is 1. The summed E-state index contributed by atoms with van der Waals surface area (Å²) in [7, 11) is 3.47. The predicted molar refractivity (Wildman–Crippen MR) is 77.9 cm³/mol. The van der Waals surface area contributed by atoms with Crippen LogP contribution >= 0.6 is 0 Å². The standard InChI is InChI=1S/C16H16N2O2/c1-17-11-7-8-12(18-2)14-13(11)15(19)9-5-3-4-6-10(9)16(14)20/h3-7,16-17,20H,8H2,1-2H3. The largest absolute Gasteiger partial charge is 0.388 e. The van der Waals surface area contributed by atoms with Crippen LogP contribution in [-0.4, -0.2) is 30.7 Å². The van der Waals surface area contributed by atoms with E-state index in [1.807, 2.05) is 18.2 Å². The lowest BCUT2D eigenvalue weighted by Crippen LogP contribution is -2.31. The summed E-state index contributed by atoms with van der Waals surface area (Å²) < 4.78 is 0. The van der Waals surface area contributed by atoms with Gasteiger partial charge in [0.05, 0.1) is 5.57 Å². The molecular weight excluding hydrogens is 252 g/mol. The number of hydrogen-bond donors (Lipinski definition) is 2. The molecule has 0 radical (unpaired) electrons. The lowest BCUT2D eigenvalue weighted by Gasteiger charge is -2.31. The van der Waals surface area contributed by atoms with Crippen molar-refractivity contribution in [1.29, 1.82) is 0 Å². The second kappa shape index (κ2) is 4.72. The number of aliphatic hydroxyl groups excluding tert-OH is 1. The Balaban J connectivity index is 2.28. The molecule has 4 heteroatoms. The van der Waals surface area contributed by atoms with Crippen LogP contribution in [0.15, 0.2) is 52.2 Å². The minimum atomic E-state index is -0.797. The van der Waals surface area contributed by atoms with Crippen molar-refractivity contribution in [2.24, 2.45) is 4.99 Å². The first kappa shape index (κ1) is 12.8. The normalized spacial score (nSPS) is 23.4. The number of fused-ring (bicyclic) bond motifs is 1. The van der Waals surface area contributed by atoms with Crippen LogP contribution in [0.2, 0.25) is 0 Å². The summed E-state index contributed by atoms with van der Waals surface area (Å²) in [5, 5.41) is 13.7. The van der Waals surface area contributed by atoms with Gasteiger partial charge < -0.3 is 10.4 Å². The monoisotopic (exact) mass is 268 g/mol. The van der Waals surface area contributed by atoms with Crippen LogP contribution in [0.4, 0.5) is 0 Å². The highest BCUT2D eigenvalue weighted by Gasteiger charge is 2.37. The molecule has 0 spiro atoms. The van der Waals surface area contributed by atoms with Gasteiger partial charge in [-0.2, -0.15) is 0 Å². The fourth-order valence-electron chi connectivity index (χ4n) is 2.91. The van der Waals surface area contributed by atoms with E-state index in [4.69, 9.17) is 0 Å². The van der Waals surface area contributed by atoms with Crippen LogP contribution in [0, 0.1) is 0 Å². The fourth-order valence-corrected chi connectivity index (χ4v) is 2.91. The topological polar surface area (TPSA) is 61.7 Å². The number of nitrogens with one attached hydrogen (secondary N) is 1. The molecule has 20 heavy (non-hydrogen) atoms. The summed E-state index contributed by atoms with van der Waals surface area (Å²) in [4.78, 5) is 17.0. The molecule has 0 fully saturated rings. The minimum absolute atomic E-state index is 0.0534. The Labute approximate surface area is 117 Å². The SMILES string of the molecule is CN=C1CC=C(NC)C2=C1C(O)c1ccccc1C2=O. The molecule has 0 saturated carbocycles. The van der Waals surface area contributed by atoms with Gasteiger partial charge in [-0.3, -0.25) is 9.79 Å². The molecule has 0 saturated heterocycles. The predicted octanol–water partition coefficient (Wildman–Crippen LogP) is 1.79. The molecule has 0 aromatic heterocycles. The van der Waals surface area contributed by atoms with Crippen LogP contribution in [-0.2, 0) is 0 Å². The van der Waals surface area contributed by atoms with Crippen LogP contribution in [0.25, 0.3) is 0 Å². The summed E-state index contributed by atoms with van der Waals surface area (Å²) in [6.45, 7) is 0. The van der Waals surface area contributed by atoms with Crippen molar-refractivity contribution < 1.29 is 9.90 Å². The van der Waals surface area contributed by atoms with Crippen molar-refractivity contribution >= 4 is 11.5 Å². The van der Waals surface area contributed by atoms with E-state index in [0.717, 1.165) is 11.4 Å². The molecule has 1 unspecified atom stereocenters. The minimum Gasteiger partial charge on any atom is -0.388 e. The highest BCUT2D eigenvalue weighted by molar-refractivity contribution is 6.21. The summed E-state index contributed by atoms with van der Waals surface area (Å²) in [6.07, 6.45) is 1.77. The van der Waals surface area contributed by atoms with Crippen molar-refractivity contribution in [3.05, 3.63) is 58.3 Å². The molecule has 0 bridgehead atoms. The van der Waals surface area contributed by atoms with Gasteiger partial charge in [0.15, 0.2) is 5.78 Å². The number of aliphatic imine (C=N–C) groups is 1. The van der Waals surface area contributed by atoms with Gasteiger partial charge in [0.1, 0.15) is 6.10 Å². The lowest BCUT2D eigenvalue weighted by atomic mass is 9.77. The Hall–Kier alpha value is -2.20. The molecule has 2 aliphatic rings. The van der Waals surface area contributed by atoms with Crippen molar-refractivity contribution in [3.8, 4) is 0 Å². The summed E-state index contributed by atoms with van der Waals surface area (Å²) in [6, 6.07) is 7.21. The first-order valence-electron chi connectivity index (χ1n) is 6.59. The Bertz CT molecular complexity index is 683. The van der Waals surface area contributed by atoms with Crippen molar-refractivity contribution in [2.75, 3.05) is 14.1 Å². The number of rotatable bonds is 1. The van der Waals surface area contributed by atoms with E-state index in [0.29, 0.717) is 28.7 Å². The van der Waals surface area contributed by atoms with Gasteiger partial charge >= 0.3 is 0 Å². The van der Waals surface area contributed by atoms with E-state index in [1.165, 1.54) is 0 Å². The third-order valence-electron chi connectivity index (χ3n) is 3.89. The van der Waals surface area contributed by atoms with E-state index < -0.39 is 6.10 Å². The van der Waals surface area contributed by atoms with Crippen LogP contribution < -0.4 is 5.32 Å². The van der Waals surface area contributed by atoms with Crippen molar-refractivity contribution in [2.45, 2.75) is 12.5 Å². The number of aliphatic hydroxyl groups is 1. The summed E-state index contributed by atoms with van der Waals surface area (Å²) >= 11 is 0. The number of benzene rings is 1. The number of ketones is 1.